The summed E-state index contributed by atoms with van der Waals surface area (Å²) in [5.74, 6) is 0.0948. The maximum atomic E-state index is 12.9. The lowest BCUT2D eigenvalue weighted by atomic mass is 10.0. The maximum Gasteiger partial charge on any atom is 0.229 e. The predicted molar refractivity (Wildman–Crippen MR) is 119 cm³/mol. The van der Waals surface area contributed by atoms with Crippen LogP contribution in [-0.2, 0) is 16.0 Å². The summed E-state index contributed by atoms with van der Waals surface area (Å²) in [6.07, 6.45) is 0.277. The second-order valence-corrected chi connectivity index (χ2v) is 7.64. The molecule has 9 heteroatoms. The van der Waals surface area contributed by atoms with Crippen molar-refractivity contribution in [2.75, 3.05) is 26.2 Å². The molecule has 3 rings (SSSR count). The van der Waals surface area contributed by atoms with Gasteiger partial charge in [-0.3, -0.25) is 4.79 Å². The van der Waals surface area contributed by atoms with Crippen LogP contribution in [0.5, 0.6) is 0 Å². The Hall–Kier alpha value is -0.890. The zero-order chi connectivity index (χ0) is 18.5. The molecule has 5 nitrogen and oxygen atoms in total. The Morgan fingerprint density at radius 3 is 2.96 bits per heavy atom. The highest BCUT2D eigenvalue weighted by molar-refractivity contribution is 7.09. The van der Waals surface area contributed by atoms with Gasteiger partial charge in [-0.05, 0) is 31.5 Å². The number of rotatable bonds is 6. The molecule has 1 amide bonds. The Morgan fingerprint density at radius 1 is 1.46 bits per heavy atom. The summed E-state index contributed by atoms with van der Waals surface area (Å²) < 4.78 is 5.58. The van der Waals surface area contributed by atoms with E-state index in [2.05, 4.69) is 10.3 Å². The van der Waals surface area contributed by atoms with Gasteiger partial charge in [-0.2, -0.15) is 0 Å². The van der Waals surface area contributed by atoms with Gasteiger partial charge >= 0.3 is 0 Å². The number of piperazine rings is 1. The van der Waals surface area contributed by atoms with Crippen LogP contribution in [0.15, 0.2) is 29.6 Å². The fraction of sp³-hybridized carbons (Fsp3) is 0.474. The molecule has 1 aromatic heterocycles. The molecule has 0 aliphatic carbocycles. The van der Waals surface area contributed by atoms with Crippen molar-refractivity contribution in [3.8, 4) is 0 Å². The third-order valence-electron chi connectivity index (χ3n) is 4.46. The van der Waals surface area contributed by atoms with Gasteiger partial charge in [-0.25, -0.2) is 4.98 Å². The Balaban J connectivity index is 0.00000196. The fourth-order valence-corrected chi connectivity index (χ4v) is 4.20. The van der Waals surface area contributed by atoms with Gasteiger partial charge < -0.3 is 15.0 Å². The van der Waals surface area contributed by atoms with E-state index in [9.17, 15) is 4.79 Å². The second-order valence-electron chi connectivity index (χ2n) is 6.31. The maximum absolute atomic E-state index is 12.9. The highest BCUT2D eigenvalue weighted by atomic mass is 35.5. The Labute approximate surface area is 187 Å². The molecule has 1 aliphatic heterocycles. The highest BCUT2D eigenvalue weighted by Crippen LogP contribution is 2.26. The van der Waals surface area contributed by atoms with Crippen LogP contribution in [0.2, 0.25) is 5.02 Å². The van der Waals surface area contributed by atoms with Crippen molar-refractivity contribution in [1.82, 2.24) is 15.2 Å². The summed E-state index contributed by atoms with van der Waals surface area (Å²) >= 11 is 7.68. The average molecular weight is 467 g/mol. The van der Waals surface area contributed by atoms with Gasteiger partial charge in [0.25, 0.3) is 0 Å². The molecular weight excluding hydrogens is 441 g/mol. The first-order chi connectivity index (χ1) is 12.6. The predicted octanol–water partition coefficient (Wildman–Crippen LogP) is 4.45. The van der Waals surface area contributed by atoms with Crippen molar-refractivity contribution >= 4 is 53.7 Å². The summed E-state index contributed by atoms with van der Waals surface area (Å²) in [5.41, 5.74) is 1.87. The standard InChI is InChI=1S/C19H24ClN3O2S.2ClH/c1-3-25-13(2)19-22-16(12-26-19)10-18(24)23-8-7-21-11-17(23)14-5-4-6-15(20)9-14;;/h4-6,9,12-13,17,21H,3,7-8,10-11H2,1-2H3;2*1H. The number of aromatic nitrogens is 1. The SMILES string of the molecule is CCOC(C)c1nc(CC(=O)N2CCNCC2c2cccc(Cl)c2)cs1.Cl.Cl. The first kappa shape index (κ1) is 25.1. The summed E-state index contributed by atoms with van der Waals surface area (Å²) in [7, 11) is 0. The van der Waals surface area contributed by atoms with Crippen LogP contribution in [0.25, 0.3) is 0 Å². The minimum Gasteiger partial charge on any atom is -0.372 e. The molecule has 0 saturated carbocycles. The Bertz CT molecular complexity index is 760. The molecule has 1 fully saturated rings. The molecule has 1 saturated heterocycles. The fourth-order valence-electron chi connectivity index (χ4n) is 3.18. The minimum atomic E-state index is -0.0350. The van der Waals surface area contributed by atoms with Crippen molar-refractivity contribution in [3.05, 3.63) is 50.9 Å². The molecular formula is C19H26Cl3N3O2S. The molecule has 2 aromatic rings. The topological polar surface area (TPSA) is 54.5 Å². The first-order valence-electron chi connectivity index (χ1n) is 8.90. The van der Waals surface area contributed by atoms with Crippen molar-refractivity contribution in [2.45, 2.75) is 32.4 Å². The number of hydrogen-bond acceptors (Lipinski definition) is 5. The summed E-state index contributed by atoms with van der Waals surface area (Å²) in [4.78, 5) is 19.5. The molecule has 0 radical (unpaired) electrons. The lowest BCUT2D eigenvalue weighted by Gasteiger charge is -2.36. The van der Waals surface area contributed by atoms with Crippen LogP contribution in [-0.4, -0.2) is 42.0 Å². The number of carbonyl (C=O) groups is 1. The molecule has 1 aromatic carbocycles. The molecule has 0 bridgehead atoms. The number of ether oxygens (including phenoxy) is 1. The van der Waals surface area contributed by atoms with Gasteiger partial charge in [-0.15, -0.1) is 36.2 Å². The van der Waals surface area contributed by atoms with Crippen molar-refractivity contribution < 1.29 is 9.53 Å². The molecule has 28 heavy (non-hydrogen) atoms. The third kappa shape index (κ3) is 6.31. The Morgan fingerprint density at radius 2 is 2.25 bits per heavy atom. The zero-order valence-corrected chi connectivity index (χ0v) is 19.1. The molecule has 1 N–H and O–H groups in total. The van der Waals surface area contributed by atoms with Crippen LogP contribution < -0.4 is 5.32 Å². The van der Waals surface area contributed by atoms with Crippen LogP contribution in [0.1, 0.15) is 42.3 Å². The number of amides is 1. The molecule has 2 unspecified atom stereocenters. The van der Waals surface area contributed by atoms with Crippen molar-refractivity contribution in [3.63, 3.8) is 0 Å². The summed E-state index contributed by atoms with van der Waals surface area (Å²) in [6, 6.07) is 7.73. The normalized spacial score (nSPS) is 17.4. The first-order valence-corrected chi connectivity index (χ1v) is 10.2. The highest BCUT2D eigenvalue weighted by Gasteiger charge is 2.28. The number of halogens is 3. The second kappa shape index (κ2) is 12.0. The van der Waals surface area contributed by atoms with Crippen LogP contribution in [0.4, 0.5) is 0 Å². The van der Waals surface area contributed by atoms with E-state index in [-0.39, 0.29) is 42.9 Å². The van der Waals surface area contributed by atoms with Crippen molar-refractivity contribution in [2.24, 2.45) is 0 Å². The van der Waals surface area contributed by atoms with Gasteiger partial charge in [0.1, 0.15) is 11.1 Å². The summed E-state index contributed by atoms with van der Waals surface area (Å²) in [5, 5.41) is 6.93. The molecule has 2 atom stereocenters. The lowest BCUT2D eigenvalue weighted by molar-refractivity contribution is -0.133. The van der Waals surface area contributed by atoms with Gasteiger partial charge in [0.15, 0.2) is 0 Å². The monoisotopic (exact) mass is 465 g/mol. The third-order valence-corrected chi connectivity index (χ3v) is 5.75. The van der Waals surface area contributed by atoms with E-state index in [0.717, 1.165) is 29.4 Å². The number of benzene rings is 1. The number of nitrogens with one attached hydrogen (secondary N) is 1. The van der Waals surface area contributed by atoms with Crippen LogP contribution in [0.3, 0.4) is 0 Å². The largest absolute Gasteiger partial charge is 0.372 e. The number of hydrogen-bond donors (Lipinski definition) is 1. The van der Waals surface area contributed by atoms with E-state index < -0.39 is 0 Å². The average Bonchev–Trinajstić information content (AvgIpc) is 3.10. The Kier molecular flexibility index (Phi) is 10.7. The van der Waals surface area contributed by atoms with E-state index in [1.54, 1.807) is 11.3 Å². The van der Waals surface area contributed by atoms with Crippen LogP contribution in [0, 0.1) is 0 Å². The van der Waals surface area contributed by atoms with Gasteiger partial charge in [0.2, 0.25) is 5.91 Å². The minimum absolute atomic E-state index is 0. The summed E-state index contributed by atoms with van der Waals surface area (Å²) in [6.45, 7) is 6.82. The lowest BCUT2D eigenvalue weighted by Crippen LogP contribution is -2.49. The van der Waals surface area contributed by atoms with Gasteiger partial charge in [-0.1, -0.05) is 23.7 Å². The van der Waals surface area contributed by atoms with Crippen molar-refractivity contribution in [1.29, 1.82) is 0 Å². The molecule has 2 heterocycles. The van der Waals surface area contributed by atoms with E-state index in [1.165, 1.54) is 0 Å². The quantitative estimate of drug-likeness (QED) is 0.683. The number of thiazole rings is 1. The van der Waals surface area contributed by atoms with Crippen LogP contribution >= 0.6 is 47.8 Å². The van der Waals surface area contributed by atoms with E-state index in [4.69, 9.17) is 16.3 Å². The molecule has 0 spiro atoms. The number of nitrogens with zero attached hydrogens (tertiary/aromatic N) is 2. The van der Waals surface area contributed by atoms with Gasteiger partial charge in [0, 0.05) is 36.6 Å². The van der Waals surface area contributed by atoms with E-state index in [0.29, 0.717) is 24.6 Å². The van der Waals surface area contributed by atoms with E-state index >= 15 is 0 Å². The molecule has 156 valence electrons. The van der Waals surface area contributed by atoms with E-state index in [1.807, 2.05) is 48.4 Å². The van der Waals surface area contributed by atoms with Gasteiger partial charge in [0.05, 0.1) is 18.2 Å². The smallest absolute Gasteiger partial charge is 0.229 e. The number of carbonyl (C=O) groups excluding carboxylic acids is 1. The molecule has 1 aliphatic rings. The zero-order valence-electron chi connectivity index (χ0n) is 15.9.